The second-order valence-corrected chi connectivity index (χ2v) is 8.89. The highest BCUT2D eigenvalue weighted by Crippen LogP contribution is 2.31. The lowest BCUT2D eigenvalue weighted by Crippen LogP contribution is -2.17. The van der Waals surface area contributed by atoms with Crippen molar-refractivity contribution in [1.29, 1.82) is 0 Å². The fraction of sp³-hybridized carbons (Fsp3) is 0.235. The Kier molecular flexibility index (Phi) is 4.92. The standard InChI is InChI=1S/C17H18N4O3S2/c1-4-26(23,24)13-8-6-5-7-12(13)16(22)20-17-19-11(2)14(25-17)15-18-9-10-21(15)3/h5-10H,4H2,1-3H3,(H,19,20,22). The normalized spacial score (nSPS) is 11.5. The number of hydrogen-bond acceptors (Lipinski definition) is 6. The van der Waals surface area contributed by atoms with Crippen molar-refractivity contribution < 1.29 is 13.2 Å². The molecule has 0 aliphatic rings. The number of carbonyl (C=O) groups is 1. The molecule has 0 bridgehead atoms. The molecule has 3 rings (SSSR count). The van der Waals surface area contributed by atoms with Gasteiger partial charge >= 0.3 is 0 Å². The number of imidazole rings is 1. The molecule has 0 aliphatic carbocycles. The van der Waals surface area contributed by atoms with E-state index >= 15 is 0 Å². The number of sulfone groups is 1. The summed E-state index contributed by atoms with van der Waals surface area (Å²) in [5.74, 6) is 0.184. The van der Waals surface area contributed by atoms with Crippen LogP contribution in [0.2, 0.25) is 0 Å². The summed E-state index contributed by atoms with van der Waals surface area (Å²) in [7, 11) is -1.62. The van der Waals surface area contributed by atoms with Crippen molar-refractivity contribution in [3.05, 3.63) is 47.9 Å². The molecular formula is C17H18N4O3S2. The van der Waals surface area contributed by atoms with Crippen LogP contribution in [0.1, 0.15) is 23.0 Å². The Balaban J connectivity index is 1.92. The number of nitrogens with one attached hydrogen (secondary N) is 1. The molecular weight excluding hydrogens is 372 g/mol. The van der Waals surface area contributed by atoms with Crippen LogP contribution in [0.15, 0.2) is 41.6 Å². The van der Waals surface area contributed by atoms with Crippen LogP contribution in [0.5, 0.6) is 0 Å². The zero-order valence-corrected chi connectivity index (χ0v) is 16.2. The van der Waals surface area contributed by atoms with Gasteiger partial charge in [-0.05, 0) is 19.1 Å². The van der Waals surface area contributed by atoms with E-state index in [9.17, 15) is 13.2 Å². The van der Waals surface area contributed by atoms with Gasteiger partial charge in [0.15, 0.2) is 20.8 Å². The van der Waals surface area contributed by atoms with Crippen molar-refractivity contribution in [3.8, 4) is 10.7 Å². The van der Waals surface area contributed by atoms with E-state index in [2.05, 4.69) is 15.3 Å². The molecule has 0 spiro atoms. The molecule has 0 saturated carbocycles. The zero-order valence-electron chi connectivity index (χ0n) is 14.6. The molecule has 7 nitrogen and oxygen atoms in total. The van der Waals surface area contributed by atoms with Gasteiger partial charge in [-0.3, -0.25) is 10.1 Å². The third-order valence-electron chi connectivity index (χ3n) is 3.89. The number of rotatable bonds is 5. The highest BCUT2D eigenvalue weighted by atomic mass is 32.2. The average Bonchev–Trinajstić information content (AvgIpc) is 3.19. The van der Waals surface area contributed by atoms with Crippen LogP contribution in [0, 0.1) is 6.92 Å². The molecule has 2 heterocycles. The molecule has 0 unspecified atom stereocenters. The summed E-state index contributed by atoms with van der Waals surface area (Å²) in [6.45, 7) is 3.39. The molecule has 1 aromatic carbocycles. The summed E-state index contributed by atoms with van der Waals surface area (Å²) in [6, 6.07) is 6.18. The molecule has 3 aromatic rings. The highest BCUT2D eigenvalue weighted by Gasteiger charge is 2.22. The first kappa shape index (κ1) is 18.3. The van der Waals surface area contributed by atoms with Gasteiger partial charge in [0.1, 0.15) is 0 Å². The molecule has 1 N–H and O–H groups in total. The van der Waals surface area contributed by atoms with E-state index in [0.29, 0.717) is 5.13 Å². The molecule has 2 aromatic heterocycles. The number of anilines is 1. The van der Waals surface area contributed by atoms with Crippen LogP contribution in [0.25, 0.3) is 10.7 Å². The van der Waals surface area contributed by atoms with Gasteiger partial charge in [-0.1, -0.05) is 30.4 Å². The van der Waals surface area contributed by atoms with Crippen LogP contribution in [-0.2, 0) is 16.9 Å². The number of hydrogen-bond donors (Lipinski definition) is 1. The van der Waals surface area contributed by atoms with Gasteiger partial charge in [-0.25, -0.2) is 18.4 Å². The third kappa shape index (κ3) is 3.40. The number of benzene rings is 1. The summed E-state index contributed by atoms with van der Waals surface area (Å²) < 4.78 is 26.3. The topological polar surface area (TPSA) is 93.9 Å². The summed E-state index contributed by atoms with van der Waals surface area (Å²) >= 11 is 1.30. The average molecular weight is 390 g/mol. The van der Waals surface area contributed by atoms with Crippen LogP contribution >= 0.6 is 11.3 Å². The number of aromatic nitrogens is 3. The lowest BCUT2D eigenvalue weighted by atomic mass is 10.2. The maximum Gasteiger partial charge on any atom is 0.258 e. The molecule has 0 saturated heterocycles. The third-order valence-corrected chi connectivity index (χ3v) is 6.74. The summed E-state index contributed by atoms with van der Waals surface area (Å²) in [4.78, 5) is 22.2. The molecule has 136 valence electrons. The van der Waals surface area contributed by atoms with E-state index in [0.717, 1.165) is 16.4 Å². The minimum Gasteiger partial charge on any atom is -0.333 e. The molecule has 9 heteroatoms. The van der Waals surface area contributed by atoms with Crippen molar-refractivity contribution >= 4 is 32.2 Å². The van der Waals surface area contributed by atoms with Gasteiger partial charge in [0.05, 0.1) is 26.8 Å². The smallest absolute Gasteiger partial charge is 0.258 e. The molecule has 0 radical (unpaired) electrons. The van der Waals surface area contributed by atoms with Gasteiger partial charge in [0.25, 0.3) is 5.91 Å². The first-order chi connectivity index (χ1) is 12.3. The second kappa shape index (κ2) is 7.00. The minimum atomic E-state index is -3.50. The Morgan fingerprint density at radius 2 is 2.04 bits per heavy atom. The Bertz CT molecular complexity index is 1070. The monoisotopic (exact) mass is 390 g/mol. The molecule has 1 amide bonds. The van der Waals surface area contributed by atoms with E-state index < -0.39 is 15.7 Å². The predicted octanol–water partition coefficient (Wildman–Crippen LogP) is 2.90. The Hall–Kier alpha value is -2.52. The van der Waals surface area contributed by atoms with E-state index in [1.807, 2.05) is 24.7 Å². The van der Waals surface area contributed by atoms with E-state index in [4.69, 9.17) is 0 Å². The van der Waals surface area contributed by atoms with Crippen molar-refractivity contribution in [2.75, 3.05) is 11.1 Å². The van der Waals surface area contributed by atoms with Crippen molar-refractivity contribution in [2.45, 2.75) is 18.7 Å². The van der Waals surface area contributed by atoms with Crippen LogP contribution in [0.4, 0.5) is 5.13 Å². The van der Waals surface area contributed by atoms with Crippen LogP contribution in [0.3, 0.4) is 0 Å². The van der Waals surface area contributed by atoms with Crippen LogP contribution in [-0.4, -0.2) is 34.6 Å². The van der Waals surface area contributed by atoms with Gasteiger partial charge in [0.2, 0.25) is 0 Å². The summed E-state index contributed by atoms with van der Waals surface area (Å²) in [6.07, 6.45) is 3.53. The number of thiazole rings is 1. The largest absolute Gasteiger partial charge is 0.333 e. The van der Waals surface area contributed by atoms with Crippen molar-refractivity contribution in [3.63, 3.8) is 0 Å². The van der Waals surface area contributed by atoms with E-state index in [-0.39, 0.29) is 16.2 Å². The Labute approximate surface area is 155 Å². The Morgan fingerprint density at radius 3 is 2.69 bits per heavy atom. The van der Waals surface area contributed by atoms with E-state index in [1.54, 1.807) is 25.3 Å². The highest BCUT2D eigenvalue weighted by molar-refractivity contribution is 7.91. The zero-order chi connectivity index (χ0) is 18.9. The van der Waals surface area contributed by atoms with Gasteiger partial charge in [-0.2, -0.15) is 0 Å². The minimum absolute atomic E-state index is 0.0256. The molecule has 0 fully saturated rings. The quantitative estimate of drug-likeness (QED) is 0.723. The number of nitrogens with zero attached hydrogens (tertiary/aromatic N) is 3. The predicted molar refractivity (Wildman–Crippen MR) is 101 cm³/mol. The maximum atomic E-state index is 12.6. The number of amides is 1. The number of aryl methyl sites for hydroxylation is 2. The Morgan fingerprint density at radius 1 is 1.31 bits per heavy atom. The van der Waals surface area contributed by atoms with Crippen molar-refractivity contribution in [2.24, 2.45) is 7.05 Å². The van der Waals surface area contributed by atoms with E-state index in [1.165, 1.54) is 23.5 Å². The lowest BCUT2D eigenvalue weighted by Gasteiger charge is -2.08. The first-order valence-electron chi connectivity index (χ1n) is 7.91. The summed E-state index contributed by atoms with van der Waals surface area (Å²) in [5.41, 5.74) is 0.856. The SMILES string of the molecule is CCS(=O)(=O)c1ccccc1C(=O)Nc1nc(C)c(-c2nccn2C)s1. The molecule has 0 aliphatic heterocycles. The molecule has 0 atom stereocenters. The van der Waals surface area contributed by atoms with Gasteiger partial charge < -0.3 is 4.57 Å². The second-order valence-electron chi connectivity index (χ2n) is 5.65. The van der Waals surface area contributed by atoms with Gasteiger partial charge in [-0.15, -0.1) is 0 Å². The first-order valence-corrected chi connectivity index (χ1v) is 10.4. The lowest BCUT2D eigenvalue weighted by molar-refractivity contribution is 0.102. The van der Waals surface area contributed by atoms with Gasteiger partial charge in [0, 0.05) is 19.4 Å². The fourth-order valence-electron chi connectivity index (χ4n) is 2.49. The fourth-order valence-corrected chi connectivity index (χ4v) is 4.58. The summed E-state index contributed by atoms with van der Waals surface area (Å²) in [5, 5.41) is 3.10. The van der Waals surface area contributed by atoms with Crippen molar-refractivity contribution in [1.82, 2.24) is 14.5 Å². The molecule has 26 heavy (non-hydrogen) atoms. The number of carbonyl (C=O) groups excluding carboxylic acids is 1. The van der Waals surface area contributed by atoms with Crippen LogP contribution < -0.4 is 5.32 Å². The maximum absolute atomic E-state index is 12.6.